The number of primary amides is 2. The molecule has 0 bridgehead atoms. The van der Waals surface area contributed by atoms with Gasteiger partial charge in [0.25, 0.3) is 0 Å². The molecule has 9 N–H and O–H groups in total. The highest BCUT2D eigenvalue weighted by Gasteiger charge is 2.35. The molecule has 38 heavy (non-hydrogen) atoms. The lowest BCUT2D eigenvalue weighted by molar-refractivity contribution is -0.136. The fourth-order valence-corrected chi connectivity index (χ4v) is 4.04. The van der Waals surface area contributed by atoms with Gasteiger partial charge in [-0.3, -0.25) is 28.8 Å². The summed E-state index contributed by atoms with van der Waals surface area (Å²) in [6.07, 6.45) is 8.17. The monoisotopic (exact) mass is 536 g/mol. The highest BCUT2D eigenvalue weighted by molar-refractivity contribution is 5.98. The van der Waals surface area contributed by atoms with Gasteiger partial charge in [0.1, 0.15) is 18.1 Å². The second-order valence-corrected chi connectivity index (χ2v) is 9.21. The number of carbonyl (C=O) groups is 6. The number of unbranched alkanes of at least 4 members (excludes halogenated alkanes) is 1. The van der Waals surface area contributed by atoms with Crippen LogP contribution in [0, 0.1) is 5.92 Å². The van der Waals surface area contributed by atoms with Gasteiger partial charge in [0.05, 0.1) is 18.9 Å². The Morgan fingerprint density at radius 3 is 1.92 bits per heavy atom. The zero-order chi connectivity index (χ0) is 28.7. The first-order valence-electron chi connectivity index (χ1n) is 12.7. The molecule has 1 aliphatic carbocycles. The molecular formula is C25H40N6O7. The second-order valence-electron chi connectivity index (χ2n) is 9.21. The van der Waals surface area contributed by atoms with Crippen LogP contribution in [0.1, 0.15) is 58.3 Å². The number of nitrogens with two attached hydrogens (primary N) is 2. The van der Waals surface area contributed by atoms with Gasteiger partial charge in [-0.25, -0.2) is 0 Å². The quantitative estimate of drug-likeness (QED) is 0.0958. The van der Waals surface area contributed by atoms with E-state index in [1.807, 2.05) is 13.0 Å². The van der Waals surface area contributed by atoms with Crippen molar-refractivity contribution in [3.63, 3.8) is 0 Å². The number of amides is 6. The average molecular weight is 537 g/mol. The lowest BCUT2D eigenvalue weighted by atomic mass is 9.82. The van der Waals surface area contributed by atoms with Gasteiger partial charge in [0, 0.05) is 13.1 Å². The van der Waals surface area contributed by atoms with Crippen molar-refractivity contribution in [2.24, 2.45) is 17.4 Å². The minimum absolute atomic E-state index is 0.271. The summed E-state index contributed by atoms with van der Waals surface area (Å²) in [5.41, 5.74) is 10.5. The van der Waals surface area contributed by atoms with Crippen molar-refractivity contribution in [1.82, 2.24) is 21.3 Å². The molecule has 0 saturated heterocycles. The maximum Gasteiger partial charge on any atom is 0.244 e. The summed E-state index contributed by atoms with van der Waals surface area (Å²) in [7, 11) is 1.41. The summed E-state index contributed by atoms with van der Waals surface area (Å²) in [6, 6.07) is -3.89. The third-order valence-electron chi connectivity index (χ3n) is 6.07. The Morgan fingerprint density at radius 2 is 1.39 bits per heavy atom. The van der Waals surface area contributed by atoms with Crippen LogP contribution in [-0.4, -0.2) is 71.8 Å². The van der Waals surface area contributed by atoms with Crippen LogP contribution in [0.4, 0.5) is 0 Å². The minimum atomic E-state index is -1.49. The first-order chi connectivity index (χ1) is 18.0. The van der Waals surface area contributed by atoms with E-state index < -0.39 is 72.5 Å². The Kier molecular flexibility index (Phi) is 14.4. The van der Waals surface area contributed by atoms with E-state index in [0.717, 1.165) is 18.9 Å². The van der Waals surface area contributed by atoms with Gasteiger partial charge in [-0.2, -0.15) is 0 Å². The van der Waals surface area contributed by atoms with Crippen molar-refractivity contribution in [2.45, 2.75) is 82.5 Å². The molecule has 0 heterocycles. The lowest BCUT2D eigenvalue weighted by Crippen LogP contribution is -2.59. The molecule has 0 radical (unpaired) electrons. The summed E-state index contributed by atoms with van der Waals surface area (Å²) in [4.78, 5) is 73.9. The maximum atomic E-state index is 13.1. The Hall–Kier alpha value is -3.74. The van der Waals surface area contributed by atoms with Crippen LogP contribution in [-0.2, 0) is 28.8 Å². The smallest absolute Gasteiger partial charge is 0.244 e. The van der Waals surface area contributed by atoms with Crippen LogP contribution in [0.25, 0.3) is 0 Å². The number of aliphatic hydroxyl groups excluding tert-OH is 1. The number of allylic oxidation sites excluding steroid dienone is 3. The molecule has 13 heteroatoms. The van der Waals surface area contributed by atoms with Crippen molar-refractivity contribution in [1.29, 1.82) is 0 Å². The van der Waals surface area contributed by atoms with E-state index in [1.165, 1.54) is 13.1 Å². The number of nitrogens with one attached hydrogen (secondary N) is 4. The molecular weight excluding hydrogens is 496 g/mol. The standard InChI is InChI=1S/C25H40N6O7/c1-3-4-5-6-7-8-21(35)29-17(13-19(26)33)23(36)30-18(14-20(27)34)24(37)31-22(25(38)28-2)15-9-11-16(32)12-10-15/h5-8,15-18,22,32H,3-4,9-14H2,1-2H3,(H2,26,33)(H2,27,34)(H,28,38)(H,29,35)(H,30,36)(H,31,37)/b6-5+,8-7+/t15?,16?,17-,18-,22-/m0/s1. The number of hydrogen-bond acceptors (Lipinski definition) is 7. The van der Waals surface area contributed by atoms with Crippen LogP contribution in [0.3, 0.4) is 0 Å². The molecule has 3 atom stereocenters. The zero-order valence-corrected chi connectivity index (χ0v) is 21.9. The molecule has 0 spiro atoms. The molecule has 1 aliphatic rings. The molecule has 0 aromatic carbocycles. The molecule has 0 aliphatic heterocycles. The van der Waals surface area contributed by atoms with Gasteiger partial charge < -0.3 is 37.8 Å². The van der Waals surface area contributed by atoms with Gasteiger partial charge in [-0.1, -0.05) is 31.6 Å². The van der Waals surface area contributed by atoms with E-state index in [4.69, 9.17) is 11.5 Å². The number of carbonyl (C=O) groups excluding carboxylic acids is 6. The molecule has 13 nitrogen and oxygen atoms in total. The molecule has 6 amide bonds. The Labute approximate surface area is 222 Å². The summed E-state index contributed by atoms with van der Waals surface area (Å²) >= 11 is 0. The molecule has 212 valence electrons. The van der Waals surface area contributed by atoms with Gasteiger partial charge in [-0.05, 0) is 38.0 Å². The second kappa shape index (κ2) is 16.9. The molecule has 1 fully saturated rings. The van der Waals surface area contributed by atoms with Crippen LogP contribution in [0.2, 0.25) is 0 Å². The Bertz CT molecular complexity index is 912. The van der Waals surface area contributed by atoms with E-state index in [9.17, 15) is 33.9 Å². The Balaban J connectivity index is 3.00. The third-order valence-corrected chi connectivity index (χ3v) is 6.07. The van der Waals surface area contributed by atoms with E-state index in [2.05, 4.69) is 21.3 Å². The first-order valence-corrected chi connectivity index (χ1v) is 12.7. The van der Waals surface area contributed by atoms with Crippen LogP contribution >= 0.6 is 0 Å². The number of aliphatic hydroxyl groups is 1. The maximum absolute atomic E-state index is 13.1. The molecule has 0 aromatic rings. The van der Waals surface area contributed by atoms with E-state index in [-0.39, 0.29) is 5.92 Å². The van der Waals surface area contributed by atoms with Gasteiger partial charge in [0.2, 0.25) is 35.4 Å². The van der Waals surface area contributed by atoms with Crippen LogP contribution in [0.15, 0.2) is 24.3 Å². The molecule has 0 unspecified atom stereocenters. The van der Waals surface area contributed by atoms with Crippen molar-refractivity contribution < 1.29 is 33.9 Å². The van der Waals surface area contributed by atoms with E-state index >= 15 is 0 Å². The molecule has 1 rings (SSSR count). The van der Waals surface area contributed by atoms with Crippen molar-refractivity contribution >= 4 is 35.4 Å². The van der Waals surface area contributed by atoms with Crippen LogP contribution in [0.5, 0.6) is 0 Å². The highest BCUT2D eigenvalue weighted by Crippen LogP contribution is 2.27. The minimum Gasteiger partial charge on any atom is -0.393 e. The van der Waals surface area contributed by atoms with E-state index in [1.54, 1.807) is 6.08 Å². The fourth-order valence-electron chi connectivity index (χ4n) is 4.04. The fraction of sp³-hybridized carbons (Fsp3) is 0.600. The average Bonchev–Trinajstić information content (AvgIpc) is 2.85. The normalized spacial score (nSPS) is 19.8. The SMILES string of the molecule is CCC/C=C/C=C/C(=O)N[C@@H](CC(N)=O)C(=O)N[C@@H](CC(N)=O)C(=O)N[C@H](C(=O)NC)C1CCC(O)CC1. The largest absolute Gasteiger partial charge is 0.393 e. The van der Waals surface area contributed by atoms with Crippen molar-refractivity contribution in [3.05, 3.63) is 24.3 Å². The predicted octanol–water partition coefficient (Wildman–Crippen LogP) is -1.60. The zero-order valence-electron chi connectivity index (χ0n) is 21.9. The number of hydrogen-bond donors (Lipinski definition) is 7. The topological polar surface area (TPSA) is 223 Å². The van der Waals surface area contributed by atoms with Gasteiger partial charge in [0.15, 0.2) is 0 Å². The molecule has 0 aromatic heterocycles. The van der Waals surface area contributed by atoms with E-state index in [0.29, 0.717) is 25.7 Å². The summed E-state index contributed by atoms with van der Waals surface area (Å²) in [5, 5.41) is 19.5. The van der Waals surface area contributed by atoms with Gasteiger partial charge in [-0.15, -0.1) is 0 Å². The van der Waals surface area contributed by atoms with Crippen molar-refractivity contribution in [3.8, 4) is 0 Å². The summed E-state index contributed by atoms with van der Waals surface area (Å²) in [5.74, 6) is -4.99. The predicted molar refractivity (Wildman–Crippen MR) is 139 cm³/mol. The molecule has 1 saturated carbocycles. The summed E-state index contributed by atoms with van der Waals surface area (Å²) < 4.78 is 0. The van der Waals surface area contributed by atoms with Gasteiger partial charge >= 0.3 is 0 Å². The van der Waals surface area contributed by atoms with Crippen LogP contribution < -0.4 is 32.7 Å². The summed E-state index contributed by atoms with van der Waals surface area (Å²) in [6.45, 7) is 2.00. The third kappa shape index (κ3) is 12.0. The van der Waals surface area contributed by atoms with Crippen molar-refractivity contribution in [2.75, 3.05) is 7.05 Å². The highest BCUT2D eigenvalue weighted by atomic mass is 16.3. The Morgan fingerprint density at radius 1 is 0.842 bits per heavy atom. The lowest BCUT2D eigenvalue weighted by Gasteiger charge is -2.32. The first kappa shape index (κ1) is 32.3. The number of likely N-dealkylation sites (N-methyl/N-ethyl adjacent to an activating group) is 1. The number of rotatable bonds is 15.